The van der Waals surface area contributed by atoms with Crippen molar-refractivity contribution in [2.75, 3.05) is 0 Å². The summed E-state index contributed by atoms with van der Waals surface area (Å²) in [7, 11) is 0. The van der Waals surface area contributed by atoms with Crippen molar-refractivity contribution in [3.05, 3.63) is 179 Å². The molecule has 0 amide bonds. The van der Waals surface area contributed by atoms with Crippen LogP contribution < -0.4 is 10.2 Å². The largest absolute Gasteiger partial charge is 0.456 e. The molecule has 1 N–H and O–H groups in total. The molecule has 204 valence electrons. The van der Waals surface area contributed by atoms with Gasteiger partial charge in [0, 0.05) is 22.3 Å². The highest BCUT2D eigenvalue weighted by atomic mass is 32.2. The smallest absolute Gasteiger partial charge is 0.140 e. The minimum atomic E-state index is -0.469. The van der Waals surface area contributed by atoms with Gasteiger partial charge < -0.3 is 4.74 Å². The lowest BCUT2D eigenvalue weighted by Gasteiger charge is -2.40. The van der Waals surface area contributed by atoms with Crippen LogP contribution in [0.5, 0.6) is 11.5 Å². The van der Waals surface area contributed by atoms with Gasteiger partial charge in [-0.25, -0.2) is 0 Å². The molecule has 4 heteroatoms. The van der Waals surface area contributed by atoms with E-state index in [1.54, 1.807) is 11.8 Å². The number of ether oxygens (including phenoxy) is 1. The van der Waals surface area contributed by atoms with Gasteiger partial charge in [-0.05, 0) is 45.5 Å². The Hall–Kier alpha value is -5.06. The van der Waals surface area contributed by atoms with Crippen molar-refractivity contribution in [2.45, 2.75) is 10.8 Å². The quantitative estimate of drug-likeness (QED) is 0.230. The van der Waals surface area contributed by atoms with Crippen LogP contribution in [0.4, 0.5) is 0 Å². The third kappa shape index (κ3) is 3.54. The minimum absolute atomic E-state index is 0.103. The molecular formula is C39H26N2OS. The monoisotopic (exact) mass is 570 g/mol. The second-order valence-electron chi connectivity index (χ2n) is 11.2. The highest BCUT2D eigenvalue weighted by Crippen LogP contribution is 2.63. The van der Waals surface area contributed by atoms with Crippen molar-refractivity contribution in [1.29, 1.82) is 0 Å². The molecule has 2 aliphatic heterocycles. The average Bonchev–Trinajstić information content (AvgIpc) is 3.69. The van der Waals surface area contributed by atoms with Crippen LogP contribution in [-0.2, 0) is 5.41 Å². The molecule has 6 aromatic carbocycles. The van der Waals surface area contributed by atoms with Crippen LogP contribution in [0, 0.1) is 0 Å². The minimum Gasteiger partial charge on any atom is -0.456 e. The Labute approximate surface area is 254 Å². The van der Waals surface area contributed by atoms with Crippen molar-refractivity contribution >= 4 is 16.8 Å². The number of para-hydroxylation sites is 2. The fourth-order valence-corrected chi connectivity index (χ4v) is 8.10. The number of fused-ring (bicyclic) bond motifs is 9. The van der Waals surface area contributed by atoms with Gasteiger partial charge in [0.1, 0.15) is 21.9 Å². The third-order valence-corrected chi connectivity index (χ3v) is 10.1. The molecule has 9 rings (SSSR count). The first-order valence-corrected chi connectivity index (χ1v) is 15.5. The lowest BCUT2D eigenvalue weighted by Crippen LogP contribution is -2.32. The van der Waals surface area contributed by atoms with Gasteiger partial charge in [0.05, 0.1) is 5.41 Å². The van der Waals surface area contributed by atoms with E-state index in [0.717, 1.165) is 33.2 Å². The molecule has 0 fully saturated rings. The number of rotatable bonds is 3. The lowest BCUT2D eigenvalue weighted by atomic mass is 9.65. The van der Waals surface area contributed by atoms with Crippen molar-refractivity contribution < 1.29 is 4.74 Å². The summed E-state index contributed by atoms with van der Waals surface area (Å²) < 4.78 is 6.87. The molecule has 1 atom stereocenters. The molecule has 0 saturated heterocycles. The van der Waals surface area contributed by atoms with Crippen LogP contribution in [0.3, 0.4) is 0 Å². The summed E-state index contributed by atoms with van der Waals surface area (Å²) in [5.74, 6) is 1.81. The Morgan fingerprint density at radius 2 is 1.16 bits per heavy atom. The van der Waals surface area contributed by atoms with Crippen LogP contribution >= 0.6 is 11.8 Å². The summed E-state index contributed by atoms with van der Waals surface area (Å²) in [5.41, 5.74) is 14.9. The van der Waals surface area contributed by atoms with Gasteiger partial charge in [0.15, 0.2) is 0 Å². The number of benzene rings is 6. The number of hydrazone groups is 1. The van der Waals surface area contributed by atoms with E-state index in [1.807, 2.05) is 6.07 Å². The van der Waals surface area contributed by atoms with Crippen molar-refractivity contribution in [2.24, 2.45) is 5.10 Å². The van der Waals surface area contributed by atoms with E-state index in [1.165, 1.54) is 38.9 Å². The van der Waals surface area contributed by atoms with Gasteiger partial charge in [-0.2, -0.15) is 5.10 Å². The Morgan fingerprint density at radius 3 is 1.95 bits per heavy atom. The van der Waals surface area contributed by atoms with E-state index < -0.39 is 5.41 Å². The van der Waals surface area contributed by atoms with Gasteiger partial charge >= 0.3 is 0 Å². The van der Waals surface area contributed by atoms with E-state index in [-0.39, 0.29) is 5.37 Å². The number of nitrogens with one attached hydrogen (secondary N) is 1. The molecule has 1 aliphatic carbocycles. The second kappa shape index (κ2) is 9.48. The Kier molecular flexibility index (Phi) is 5.41. The lowest BCUT2D eigenvalue weighted by molar-refractivity contribution is 0.438. The summed E-state index contributed by atoms with van der Waals surface area (Å²) in [4.78, 5) is 0. The molecule has 0 radical (unpaired) electrons. The molecule has 6 aromatic rings. The second-order valence-corrected chi connectivity index (χ2v) is 12.3. The topological polar surface area (TPSA) is 33.6 Å². The van der Waals surface area contributed by atoms with E-state index in [4.69, 9.17) is 9.84 Å². The fraction of sp³-hybridized carbons (Fsp3) is 0.0513. The molecular weight excluding hydrogens is 545 g/mol. The van der Waals surface area contributed by atoms with Crippen molar-refractivity contribution in [3.8, 4) is 33.8 Å². The maximum Gasteiger partial charge on any atom is 0.140 e. The Morgan fingerprint density at radius 1 is 0.558 bits per heavy atom. The first-order chi connectivity index (χ1) is 21.3. The zero-order chi connectivity index (χ0) is 28.4. The maximum atomic E-state index is 6.87. The van der Waals surface area contributed by atoms with Crippen LogP contribution in [0.1, 0.15) is 38.8 Å². The van der Waals surface area contributed by atoms with Gasteiger partial charge in [0.25, 0.3) is 0 Å². The molecule has 3 nitrogen and oxygen atoms in total. The van der Waals surface area contributed by atoms with E-state index in [0.29, 0.717) is 0 Å². The highest BCUT2D eigenvalue weighted by molar-refractivity contribution is 8.14. The van der Waals surface area contributed by atoms with Crippen LogP contribution in [0.2, 0.25) is 0 Å². The average molecular weight is 571 g/mol. The first-order valence-electron chi connectivity index (χ1n) is 14.6. The fourth-order valence-electron chi connectivity index (χ4n) is 7.11. The van der Waals surface area contributed by atoms with Gasteiger partial charge in [-0.1, -0.05) is 145 Å². The number of nitrogens with zero attached hydrogens (tertiary/aromatic N) is 1. The van der Waals surface area contributed by atoms with Crippen LogP contribution in [0.25, 0.3) is 22.3 Å². The molecule has 2 heterocycles. The normalized spacial score (nSPS) is 16.7. The first kappa shape index (κ1) is 24.5. The molecule has 43 heavy (non-hydrogen) atoms. The summed E-state index contributed by atoms with van der Waals surface area (Å²) in [6.07, 6.45) is 0. The number of thioether (sulfide) groups is 1. The zero-order valence-electron chi connectivity index (χ0n) is 23.2. The van der Waals surface area contributed by atoms with E-state index >= 15 is 0 Å². The van der Waals surface area contributed by atoms with Gasteiger partial charge in [-0.15, -0.1) is 0 Å². The SMILES string of the molecule is c1ccc(C2NN=C(c3cccc(-c4cccc5c4Oc4ccccc4C54c5ccccc5-c5ccccc54)c3)S2)cc1. The predicted octanol–water partition coefficient (Wildman–Crippen LogP) is 9.52. The summed E-state index contributed by atoms with van der Waals surface area (Å²) in [6.45, 7) is 0. The highest BCUT2D eigenvalue weighted by Gasteiger charge is 2.51. The Balaban J connectivity index is 1.21. The van der Waals surface area contributed by atoms with Gasteiger partial charge in [0.2, 0.25) is 0 Å². The number of hydrogen-bond donors (Lipinski definition) is 1. The van der Waals surface area contributed by atoms with Gasteiger partial charge in [-0.3, -0.25) is 5.43 Å². The molecule has 3 aliphatic rings. The Bertz CT molecular complexity index is 2040. The van der Waals surface area contributed by atoms with Crippen LogP contribution in [0.15, 0.2) is 151 Å². The van der Waals surface area contributed by atoms with E-state index in [2.05, 4.69) is 145 Å². The zero-order valence-corrected chi connectivity index (χ0v) is 24.0. The van der Waals surface area contributed by atoms with Crippen molar-refractivity contribution in [1.82, 2.24) is 5.43 Å². The third-order valence-electron chi connectivity index (χ3n) is 8.91. The molecule has 0 aromatic heterocycles. The maximum absolute atomic E-state index is 6.87. The van der Waals surface area contributed by atoms with Crippen LogP contribution in [-0.4, -0.2) is 5.04 Å². The molecule has 1 unspecified atom stereocenters. The molecule has 0 saturated carbocycles. The summed E-state index contributed by atoms with van der Waals surface area (Å²) >= 11 is 1.75. The number of hydrogen-bond acceptors (Lipinski definition) is 4. The molecule has 0 bridgehead atoms. The predicted molar refractivity (Wildman–Crippen MR) is 176 cm³/mol. The van der Waals surface area contributed by atoms with E-state index in [9.17, 15) is 0 Å². The van der Waals surface area contributed by atoms with Crippen molar-refractivity contribution in [3.63, 3.8) is 0 Å². The standard InChI is InChI=1S/C39H26N2OS/c1-2-12-25(13-3-1)37-40-41-38(43-37)27-15-10-14-26(24-27)28-18-11-22-34-36(28)42-35-23-9-8-21-33(35)39(34)31-19-6-4-16-29(31)30-17-5-7-20-32(30)39/h1-24,37,40H. The molecule has 1 spiro atoms. The summed E-state index contributed by atoms with van der Waals surface area (Å²) in [6, 6.07) is 52.0. The summed E-state index contributed by atoms with van der Waals surface area (Å²) in [5, 5.41) is 5.81.